The van der Waals surface area contributed by atoms with Crippen molar-refractivity contribution in [3.63, 3.8) is 0 Å². The van der Waals surface area contributed by atoms with Gasteiger partial charge in [0, 0.05) is 34.1 Å². The molecule has 0 aliphatic heterocycles. The molecule has 0 radical (unpaired) electrons. The maximum absolute atomic E-state index is 2.50. The van der Waals surface area contributed by atoms with Crippen LogP contribution in [0.25, 0.3) is 5.57 Å². The van der Waals surface area contributed by atoms with Gasteiger partial charge in [-0.2, -0.15) is 0 Å². The molecule has 62 heavy (non-hydrogen) atoms. The predicted molar refractivity (Wildman–Crippen MR) is 273 cm³/mol. The first-order chi connectivity index (χ1) is 29.2. The average Bonchev–Trinajstić information content (AvgIpc) is 3.23. The summed E-state index contributed by atoms with van der Waals surface area (Å²) in [6.07, 6.45) is 9.18. The summed E-state index contributed by atoms with van der Waals surface area (Å²) < 4.78 is 0. The van der Waals surface area contributed by atoms with Crippen molar-refractivity contribution in [2.45, 2.75) is 129 Å². The molecule has 5 aromatic rings. The molecule has 0 unspecified atom stereocenters. The molecule has 0 saturated heterocycles. The van der Waals surface area contributed by atoms with E-state index in [1.54, 1.807) is 0 Å². The van der Waals surface area contributed by atoms with E-state index < -0.39 is 0 Å². The van der Waals surface area contributed by atoms with Crippen molar-refractivity contribution in [2.75, 3.05) is 9.80 Å². The second-order valence-electron chi connectivity index (χ2n) is 20.0. The summed E-state index contributed by atoms with van der Waals surface area (Å²) in [5.41, 5.74) is 19.8. The molecule has 2 nitrogen and oxygen atoms in total. The van der Waals surface area contributed by atoms with Gasteiger partial charge in [-0.15, -0.1) is 0 Å². The lowest BCUT2D eigenvalue weighted by atomic mass is 9.50. The van der Waals surface area contributed by atoms with Gasteiger partial charge in [-0.05, 0) is 165 Å². The fourth-order valence-electron chi connectivity index (χ4n) is 9.66. The van der Waals surface area contributed by atoms with E-state index in [9.17, 15) is 0 Å². The van der Waals surface area contributed by atoms with Crippen molar-refractivity contribution in [2.24, 2.45) is 16.2 Å². The summed E-state index contributed by atoms with van der Waals surface area (Å²) in [7, 11) is 0. The lowest BCUT2D eigenvalue weighted by molar-refractivity contribution is 0.181. The van der Waals surface area contributed by atoms with Crippen molar-refractivity contribution >= 4 is 34.0 Å². The minimum atomic E-state index is -0.202. The number of aryl methyl sites for hydroxylation is 4. The number of fused-ring (bicyclic) bond motifs is 1. The first-order valence-corrected chi connectivity index (χ1v) is 23.0. The summed E-state index contributed by atoms with van der Waals surface area (Å²) in [5.74, 6) is 0. The van der Waals surface area contributed by atoms with Crippen LogP contribution in [0.5, 0.6) is 0 Å². The molecule has 0 N–H and O–H groups in total. The van der Waals surface area contributed by atoms with Gasteiger partial charge in [0.2, 0.25) is 0 Å². The number of allylic oxidation sites excluding steroid dienone is 7. The minimum Gasteiger partial charge on any atom is -0.311 e. The number of anilines is 5. The van der Waals surface area contributed by atoms with Crippen LogP contribution in [0, 0.1) is 43.9 Å². The van der Waals surface area contributed by atoms with Gasteiger partial charge < -0.3 is 9.80 Å². The van der Waals surface area contributed by atoms with Crippen LogP contribution in [-0.4, -0.2) is 0 Å². The lowest BCUT2D eigenvalue weighted by Gasteiger charge is -2.54. The molecule has 0 saturated carbocycles. The summed E-state index contributed by atoms with van der Waals surface area (Å²) in [6, 6.07) is 43.0. The molecule has 6 rings (SSSR count). The number of hydrogen-bond donors (Lipinski definition) is 0. The van der Waals surface area contributed by atoms with Gasteiger partial charge in [-0.1, -0.05) is 169 Å². The first-order valence-electron chi connectivity index (χ1n) is 23.0. The Bertz CT molecular complexity index is 2400. The summed E-state index contributed by atoms with van der Waals surface area (Å²) in [6.45, 7) is 37.8. The smallest absolute Gasteiger partial charge is 0.0464 e. The highest BCUT2D eigenvalue weighted by molar-refractivity contribution is 5.89. The third-order valence-corrected chi connectivity index (χ3v) is 15.2. The van der Waals surface area contributed by atoms with Crippen LogP contribution in [0.15, 0.2) is 156 Å². The third-order valence-electron chi connectivity index (χ3n) is 15.2. The third kappa shape index (κ3) is 8.43. The number of benzene rings is 5. The Morgan fingerprint density at radius 3 is 1.39 bits per heavy atom. The van der Waals surface area contributed by atoms with Crippen LogP contribution in [0.4, 0.5) is 28.4 Å². The molecular weight excluding hydrogens is 749 g/mol. The van der Waals surface area contributed by atoms with Gasteiger partial charge in [-0.25, -0.2) is 0 Å². The average molecular weight is 823 g/mol. The quantitative estimate of drug-likeness (QED) is 0.116. The van der Waals surface area contributed by atoms with Crippen molar-refractivity contribution in [3.05, 3.63) is 189 Å². The Morgan fingerprint density at radius 2 is 0.984 bits per heavy atom. The van der Waals surface area contributed by atoms with Crippen molar-refractivity contribution < 1.29 is 0 Å². The van der Waals surface area contributed by atoms with Gasteiger partial charge in [-0.3, -0.25) is 0 Å². The molecule has 0 fully saturated rings. The Hall–Kier alpha value is -5.34. The molecule has 324 valence electrons. The van der Waals surface area contributed by atoms with Crippen molar-refractivity contribution in [3.8, 4) is 0 Å². The summed E-state index contributed by atoms with van der Waals surface area (Å²) in [5, 5.41) is 0. The molecule has 0 bridgehead atoms. The van der Waals surface area contributed by atoms with Crippen molar-refractivity contribution in [1.82, 2.24) is 0 Å². The molecule has 0 spiro atoms. The summed E-state index contributed by atoms with van der Waals surface area (Å²) in [4.78, 5) is 4.84. The number of nitrogens with zero attached hydrogens (tertiary/aromatic N) is 2. The van der Waals surface area contributed by atoms with E-state index in [1.807, 2.05) is 0 Å². The molecule has 0 atom stereocenters. The molecule has 0 amide bonds. The van der Waals surface area contributed by atoms with E-state index in [1.165, 1.54) is 78.4 Å². The van der Waals surface area contributed by atoms with Gasteiger partial charge in [0.05, 0.1) is 0 Å². The van der Waals surface area contributed by atoms with Gasteiger partial charge in [0.15, 0.2) is 0 Å². The Kier molecular flexibility index (Phi) is 13.3. The highest BCUT2D eigenvalue weighted by atomic mass is 15.1. The summed E-state index contributed by atoms with van der Waals surface area (Å²) >= 11 is 0. The maximum Gasteiger partial charge on any atom is 0.0464 e. The van der Waals surface area contributed by atoms with E-state index in [0.29, 0.717) is 0 Å². The highest BCUT2D eigenvalue weighted by Gasteiger charge is 2.51. The van der Waals surface area contributed by atoms with Crippen LogP contribution in [0.2, 0.25) is 0 Å². The normalized spacial score (nSPS) is 16.9. The standard InChI is InChI=1S/C60H74N2/c1-17-20-54-53-38-37-52(62(50-33-25-43(6)26-34-50)51-35-27-44(7)28-36-51)40-55(53)59(13,14)60(15,16)56(54)45(8)57(9,10)58(11,12)46(18-2)39-47(19-3)61(48-29-21-41(4)22-30-48)49-31-23-42(5)24-32-49/h19-40H,17-18H2,1-16H3/b46-39+,47-19+,54-20-,56-45-. The lowest BCUT2D eigenvalue weighted by Crippen LogP contribution is -2.45. The van der Waals surface area contributed by atoms with Gasteiger partial charge in [0.1, 0.15) is 0 Å². The molecule has 0 aromatic heterocycles. The zero-order valence-electron chi connectivity index (χ0n) is 41.0. The van der Waals surface area contributed by atoms with E-state index in [4.69, 9.17) is 0 Å². The van der Waals surface area contributed by atoms with Crippen LogP contribution in [0.1, 0.15) is 129 Å². The predicted octanol–water partition coefficient (Wildman–Crippen LogP) is 17.9. The Balaban J connectivity index is 1.50. The SMILES string of the molecule is C/C=C(\C=C(/CC)C(C)(C)C(C)(C)/C(C)=C1/C(=C\CC)c2ccc(N(c3ccc(C)cc3)c3ccc(C)cc3)cc2C(C)(C)C1(C)C)N(c1ccc(C)cc1)c1ccc(C)cc1. The van der Waals surface area contributed by atoms with Crippen molar-refractivity contribution in [1.29, 1.82) is 0 Å². The molecule has 2 heteroatoms. The topological polar surface area (TPSA) is 6.48 Å². The van der Waals surface area contributed by atoms with Gasteiger partial charge >= 0.3 is 0 Å². The molecule has 1 aliphatic rings. The second-order valence-corrected chi connectivity index (χ2v) is 20.0. The van der Waals surface area contributed by atoms with E-state index in [2.05, 4.69) is 254 Å². The minimum absolute atomic E-state index is 0.184. The van der Waals surface area contributed by atoms with E-state index in [0.717, 1.165) is 24.2 Å². The van der Waals surface area contributed by atoms with Crippen LogP contribution in [-0.2, 0) is 5.41 Å². The zero-order chi connectivity index (χ0) is 45.4. The monoisotopic (exact) mass is 823 g/mol. The first kappa shape index (κ1) is 46.2. The maximum atomic E-state index is 2.50. The second kappa shape index (κ2) is 17.8. The Morgan fingerprint density at radius 1 is 0.565 bits per heavy atom. The molecule has 5 aromatic carbocycles. The van der Waals surface area contributed by atoms with Crippen LogP contribution < -0.4 is 9.80 Å². The van der Waals surface area contributed by atoms with E-state index in [-0.39, 0.29) is 21.7 Å². The van der Waals surface area contributed by atoms with Gasteiger partial charge in [0.25, 0.3) is 0 Å². The molecular formula is C60H74N2. The number of rotatable bonds is 12. The highest BCUT2D eigenvalue weighted by Crippen LogP contribution is 2.62. The van der Waals surface area contributed by atoms with Crippen LogP contribution in [0.3, 0.4) is 0 Å². The van der Waals surface area contributed by atoms with Crippen LogP contribution >= 0.6 is 0 Å². The van der Waals surface area contributed by atoms with E-state index >= 15 is 0 Å². The zero-order valence-corrected chi connectivity index (χ0v) is 41.0. The molecule has 0 heterocycles. The number of hydrogen-bond acceptors (Lipinski definition) is 2. The largest absolute Gasteiger partial charge is 0.311 e. The molecule has 1 aliphatic carbocycles. The fraction of sp³-hybridized carbons (Fsp3) is 0.367. The fourth-order valence-corrected chi connectivity index (χ4v) is 9.66. The Labute approximate surface area is 376 Å².